The van der Waals surface area contributed by atoms with E-state index in [0.29, 0.717) is 6.54 Å². The van der Waals surface area contributed by atoms with Gasteiger partial charge in [-0.05, 0) is 12.8 Å². The molecule has 1 fully saturated rings. The predicted molar refractivity (Wildman–Crippen MR) is 72.5 cm³/mol. The van der Waals surface area contributed by atoms with E-state index in [1.54, 1.807) is 4.90 Å². The number of hydrogen-bond acceptors (Lipinski definition) is 4. The number of rotatable bonds is 4. The zero-order valence-corrected chi connectivity index (χ0v) is 11.7. The summed E-state index contributed by atoms with van der Waals surface area (Å²) in [6.07, 6.45) is 3.87. The number of carbonyl (C=O) groups is 2. The molecule has 0 radical (unpaired) electrons. The number of amides is 2. The van der Waals surface area contributed by atoms with Crippen LogP contribution >= 0.6 is 12.6 Å². The quantitative estimate of drug-likeness (QED) is 0.641. The van der Waals surface area contributed by atoms with E-state index in [1.807, 2.05) is 0 Å². The minimum absolute atomic E-state index is 0.0227. The summed E-state index contributed by atoms with van der Waals surface area (Å²) in [6.45, 7) is 2.01. The Labute approximate surface area is 113 Å². The highest BCUT2D eigenvalue weighted by Crippen LogP contribution is 2.17. The third kappa shape index (κ3) is 4.17. The molecule has 2 amide bonds. The van der Waals surface area contributed by atoms with Crippen LogP contribution in [0.15, 0.2) is 0 Å². The van der Waals surface area contributed by atoms with Gasteiger partial charge in [-0.15, -0.1) is 0 Å². The van der Waals surface area contributed by atoms with Gasteiger partial charge in [0.05, 0.1) is 12.6 Å². The largest absolute Gasteiger partial charge is 0.394 e. The molecule has 0 bridgehead atoms. The van der Waals surface area contributed by atoms with Gasteiger partial charge in [0, 0.05) is 19.2 Å². The van der Waals surface area contributed by atoms with E-state index >= 15 is 0 Å². The molecule has 2 atom stereocenters. The SMILES string of the molecule is CC(=O)NC(CS)C(=O)N1CCCCCC1CO. The smallest absolute Gasteiger partial charge is 0.246 e. The summed E-state index contributed by atoms with van der Waals surface area (Å²) in [5.74, 6) is -0.105. The van der Waals surface area contributed by atoms with Crippen molar-refractivity contribution < 1.29 is 14.7 Å². The van der Waals surface area contributed by atoms with Crippen LogP contribution in [0.3, 0.4) is 0 Å². The Balaban J connectivity index is 2.73. The van der Waals surface area contributed by atoms with Crippen molar-refractivity contribution in [3.05, 3.63) is 0 Å². The van der Waals surface area contributed by atoms with Gasteiger partial charge in [-0.1, -0.05) is 12.8 Å². The van der Waals surface area contributed by atoms with Crippen molar-refractivity contribution >= 4 is 24.4 Å². The minimum Gasteiger partial charge on any atom is -0.394 e. The van der Waals surface area contributed by atoms with Crippen molar-refractivity contribution in [2.75, 3.05) is 18.9 Å². The van der Waals surface area contributed by atoms with Gasteiger partial charge in [-0.25, -0.2) is 0 Å². The molecule has 1 saturated heterocycles. The molecule has 2 N–H and O–H groups in total. The molecule has 1 heterocycles. The van der Waals surface area contributed by atoms with Gasteiger partial charge in [-0.2, -0.15) is 12.6 Å². The molecule has 6 heteroatoms. The Bertz CT molecular complexity index is 299. The molecule has 0 aromatic rings. The van der Waals surface area contributed by atoms with Gasteiger partial charge >= 0.3 is 0 Å². The third-order valence-electron chi connectivity index (χ3n) is 3.23. The van der Waals surface area contributed by atoms with Crippen molar-refractivity contribution in [3.63, 3.8) is 0 Å². The second kappa shape index (κ2) is 7.63. The van der Waals surface area contributed by atoms with E-state index < -0.39 is 6.04 Å². The monoisotopic (exact) mass is 274 g/mol. The van der Waals surface area contributed by atoms with E-state index in [0.717, 1.165) is 25.7 Å². The van der Waals surface area contributed by atoms with Crippen molar-refractivity contribution in [2.24, 2.45) is 0 Å². The maximum absolute atomic E-state index is 12.3. The Kier molecular flexibility index (Phi) is 6.49. The third-order valence-corrected chi connectivity index (χ3v) is 3.59. The molecule has 1 rings (SSSR count). The Hall–Kier alpha value is -0.750. The summed E-state index contributed by atoms with van der Waals surface area (Å²) in [5, 5.41) is 12.0. The highest BCUT2D eigenvalue weighted by atomic mass is 32.1. The van der Waals surface area contributed by atoms with E-state index in [9.17, 15) is 14.7 Å². The second-order valence-electron chi connectivity index (χ2n) is 4.65. The summed E-state index contributed by atoms with van der Waals surface area (Å²) in [4.78, 5) is 25.1. The van der Waals surface area contributed by atoms with Gasteiger partial charge in [0.2, 0.25) is 11.8 Å². The first-order valence-corrected chi connectivity index (χ1v) is 7.02. The van der Waals surface area contributed by atoms with Crippen LogP contribution in [-0.2, 0) is 9.59 Å². The van der Waals surface area contributed by atoms with Crippen LogP contribution in [0.4, 0.5) is 0 Å². The fraction of sp³-hybridized carbons (Fsp3) is 0.833. The standard InChI is InChI=1S/C12H22N2O3S/c1-9(16)13-11(8-18)12(17)14-6-4-2-3-5-10(14)7-15/h10-11,15,18H,2-8H2,1H3,(H,13,16). The van der Waals surface area contributed by atoms with Gasteiger partial charge in [-0.3, -0.25) is 9.59 Å². The molecule has 0 spiro atoms. The lowest BCUT2D eigenvalue weighted by Gasteiger charge is -2.31. The average Bonchev–Trinajstić information content (AvgIpc) is 2.59. The van der Waals surface area contributed by atoms with Crippen molar-refractivity contribution in [2.45, 2.75) is 44.7 Å². The van der Waals surface area contributed by atoms with Crippen molar-refractivity contribution in [1.82, 2.24) is 10.2 Å². The lowest BCUT2D eigenvalue weighted by Crippen LogP contribution is -2.53. The number of hydrogen-bond donors (Lipinski definition) is 3. The fourth-order valence-corrected chi connectivity index (χ4v) is 2.54. The second-order valence-corrected chi connectivity index (χ2v) is 5.02. The molecule has 2 unspecified atom stereocenters. The summed E-state index contributed by atoms with van der Waals surface area (Å²) < 4.78 is 0. The van der Waals surface area contributed by atoms with Crippen LogP contribution in [0, 0.1) is 0 Å². The minimum atomic E-state index is -0.599. The highest BCUT2D eigenvalue weighted by molar-refractivity contribution is 7.80. The van der Waals surface area contributed by atoms with E-state index in [-0.39, 0.29) is 30.2 Å². The summed E-state index contributed by atoms with van der Waals surface area (Å²) in [5.41, 5.74) is 0. The van der Waals surface area contributed by atoms with Crippen LogP contribution in [0.2, 0.25) is 0 Å². The number of nitrogens with one attached hydrogen (secondary N) is 1. The Morgan fingerprint density at radius 2 is 2.17 bits per heavy atom. The molecule has 104 valence electrons. The number of aliphatic hydroxyl groups excluding tert-OH is 1. The molecule has 0 aromatic carbocycles. The van der Waals surface area contributed by atoms with Gasteiger partial charge < -0.3 is 15.3 Å². The van der Waals surface area contributed by atoms with E-state index in [1.165, 1.54) is 6.92 Å². The first-order chi connectivity index (χ1) is 8.60. The van der Waals surface area contributed by atoms with Crippen molar-refractivity contribution in [1.29, 1.82) is 0 Å². The fourth-order valence-electron chi connectivity index (χ4n) is 2.29. The first kappa shape index (κ1) is 15.3. The zero-order chi connectivity index (χ0) is 13.5. The maximum atomic E-state index is 12.3. The Morgan fingerprint density at radius 1 is 1.44 bits per heavy atom. The molecule has 0 aliphatic carbocycles. The summed E-state index contributed by atoms with van der Waals surface area (Å²) in [7, 11) is 0. The lowest BCUT2D eigenvalue weighted by atomic mass is 10.1. The number of aliphatic hydroxyl groups is 1. The van der Waals surface area contributed by atoms with Crippen LogP contribution in [-0.4, -0.2) is 52.8 Å². The normalized spacial score (nSPS) is 22.2. The van der Waals surface area contributed by atoms with Crippen LogP contribution in [0.25, 0.3) is 0 Å². The van der Waals surface area contributed by atoms with E-state index in [2.05, 4.69) is 17.9 Å². The van der Waals surface area contributed by atoms with Gasteiger partial charge in [0.25, 0.3) is 0 Å². The van der Waals surface area contributed by atoms with Crippen LogP contribution in [0.5, 0.6) is 0 Å². The molecular formula is C12H22N2O3S. The molecule has 1 aliphatic rings. The Morgan fingerprint density at radius 3 is 2.72 bits per heavy atom. The molecule has 0 aromatic heterocycles. The van der Waals surface area contributed by atoms with E-state index in [4.69, 9.17) is 0 Å². The average molecular weight is 274 g/mol. The summed E-state index contributed by atoms with van der Waals surface area (Å²) >= 11 is 4.11. The molecule has 1 aliphatic heterocycles. The number of thiol groups is 1. The lowest BCUT2D eigenvalue weighted by molar-refractivity contribution is -0.138. The zero-order valence-electron chi connectivity index (χ0n) is 10.8. The van der Waals surface area contributed by atoms with Crippen molar-refractivity contribution in [3.8, 4) is 0 Å². The topological polar surface area (TPSA) is 69.6 Å². The first-order valence-electron chi connectivity index (χ1n) is 6.39. The molecular weight excluding hydrogens is 252 g/mol. The highest BCUT2D eigenvalue weighted by Gasteiger charge is 2.29. The van der Waals surface area contributed by atoms with Gasteiger partial charge in [0.1, 0.15) is 6.04 Å². The maximum Gasteiger partial charge on any atom is 0.246 e. The number of nitrogens with zero attached hydrogens (tertiary/aromatic N) is 1. The van der Waals surface area contributed by atoms with Crippen LogP contribution < -0.4 is 5.32 Å². The predicted octanol–water partition coefficient (Wildman–Crippen LogP) is 0.184. The molecule has 5 nitrogen and oxygen atoms in total. The number of carbonyl (C=O) groups excluding carboxylic acids is 2. The molecule has 18 heavy (non-hydrogen) atoms. The van der Waals surface area contributed by atoms with Gasteiger partial charge in [0.15, 0.2) is 0 Å². The summed E-state index contributed by atoms with van der Waals surface area (Å²) in [6, 6.07) is -0.728. The number of likely N-dealkylation sites (tertiary alicyclic amines) is 1. The van der Waals surface area contributed by atoms with Crippen LogP contribution in [0.1, 0.15) is 32.6 Å². The molecule has 0 saturated carbocycles.